The van der Waals surface area contributed by atoms with Crippen molar-refractivity contribution in [3.05, 3.63) is 64.5 Å². The van der Waals surface area contributed by atoms with Gasteiger partial charge in [0.2, 0.25) is 5.91 Å². The van der Waals surface area contributed by atoms with E-state index in [1.807, 2.05) is 0 Å². The van der Waals surface area contributed by atoms with Gasteiger partial charge >= 0.3 is 18.4 Å². The maximum absolute atomic E-state index is 14.3. The molecule has 3 unspecified atom stereocenters. The molecule has 36 heavy (non-hydrogen) atoms. The molecule has 0 bridgehead atoms. The largest absolute Gasteiger partial charge is 0.446 e. The van der Waals surface area contributed by atoms with E-state index in [9.17, 15) is 40.3 Å². The minimum atomic E-state index is -5.14. The van der Waals surface area contributed by atoms with E-state index in [0.29, 0.717) is 12.1 Å². The molecule has 196 valence electrons. The van der Waals surface area contributed by atoms with Crippen LogP contribution in [0.15, 0.2) is 36.4 Å². The molecule has 3 atom stereocenters. The second kappa shape index (κ2) is 9.62. The number of alkyl halides is 6. The molecule has 0 radical (unpaired) electrons. The van der Waals surface area contributed by atoms with Crippen LogP contribution in [-0.4, -0.2) is 24.1 Å². The zero-order valence-corrected chi connectivity index (χ0v) is 19.4. The highest BCUT2D eigenvalue weighted by Gasteiger charge is 2.43. The van der Waals surface area contributed by atoms with Crippen molar-refractivity contribution >= 4 is 17.7 Å². The lowest BCUT2D eigenvalue weighted by Gasteiger charge is -2.41. The van der Waals surface area contributed by atoms with Crippen LogP contribution in [0.5, 0.6) is 0 Å². The van der Waals surface area contributed by atoms with Crippen molar-refractivity contribution in [2.24, 2.45) is 5.73 Å². The smallest absolute Gasteiger partial charge is 0.416 e. The van der Waals surface area contributed by atoms with Crippen LogP contribution >= 0.6 is 0 Å². The van der Waals surface area contributed by atoms with Gasteiger partial charge in [-0.05, 0) is 74.7 Å². The average Bonchev–Trinajstić information content (AvgIpc) is 2.72. The summed E-state index contributed by atoms with van der Waals surface area (Å²) in [7, 11) is 0. The van der Waals surface area contributed by atoms with Crippen LogP contribution in [0.2, 0.25) is 0 Å². The van der Waals surface area contributed by atoms with Crippen molar-refractivity contribution in [2.45, 2.75) is 63.5 Å². The molecule has 0 fully saturated rings. The van der Waals surface area contributed by atoms with E-state index in [1.165, 1.54) is 11.0 Å². The van der Waals surface area contributed by atoms with E-state index >= 15 is 0 Å². The summed E-state index contributed by atoms with van der Waals surface area (Å²) in [6, 6.07) is 3.36. The third kappa shape index (κ3) is 5.57. The number of benzene rings is 2. The predicted molar refractivity (Wildman–Crippen MR) is 116 cm³/mol. The Morgan fingerprint density at radius 1 is 1.00 bits per heavy atom. The van der Waals surface area contributed by atoms with Gasteiger partial charge < -0.3 is 10.5 Å². The number of halogens is 7. The number of hydrogen-bond acceptors (Lipinski definition) is 3. The van der Waals surface area contributed by atoms with Crippen molar-refractivity contribution in [1.29, 1.82) is 0 Å². The molecule has 1 aliphatic rings. The summed E-state index contributed by atoms with van der Waals surface area (Å²) in [5.41, 5.74) is 1.83. The Morgan fingerprint density at radius 3 is 2.03 bits per heavy atom. The van der Waals surface area contributed by atoms with Gasteiger partial charge in [0, 0.05) is 12.0 Å². The lowest BCUT2D eigenvalue weighted by Crippen LogP contribution is -2.46. The van der Waals surface area contributed by atoms with Crippen LogP contribution in [0, 0.1) is 5.82 Å². The van der Waals surface area contributed by atoms with Crippen LogP contribution in [0.4, 0.5) is 41.2 Å². The maximum Gasteiger partial charge on any atom is 0.416 e. The Labute approximate surface area is 202 Å². The van der Waals surface area contributed by atoms with Crippen LogP contribution in [0.25, 0.3) is 0 Å². The molecule has 2 amide bonds. The summed E-state index contributed by atoms with van der Waals surface area (Å²) in [5.74, 6) is -4.79. The topological polar surface area (TPSA) is 72.6 Å². The molecule has 2 N–H and O–H groups in total. The van der Waals surface area contributed by atoms with Gasteiger partial charge in [-0.1, -0.05) is 0 Å². The van der Waals surface area contributed by atoms with E-state index in [0.717, 1.165) is 12.1 Å². The average molecular weight is 520 g/mol. The molecule has 5 nitrogen and oxygen atoms in total. The predicted octanol–water partition coefficient (Wildman–Crippen LogP) is 6.36. The number of carbonyl (C=O) groups is 2. The number of ether oxygens (including phenoxy) is 1. The van der Waals surface area contributed by atoms with Gasteiger partial charge in [0.05, 0.1) is 28.8 Å². The molecule has 2 aromatic rings. The molecule has 1 aliphatic heterocycles. The zero-order valence-electron chi connectivity index (χ0n) is 19.4. The monoisotopic (exact) mass is 520 g/mol. The van der Waals surface area contributed by atoms with Gasteiger partial charge in [-0.15, -0.1) is 0 Å². The summed E-state index contributed by atoms with van der Waals surface area (Å²) in [4.78, 5) is 26.5. The Morgan fingerprint density at radius 2 is 1.56 bits per heavy atom. The lowest BCUT2D eigenvalue weighted by molar-refractivity contribution is -0.143. The fraction of sp³-hybridized carbons (Fsp3) is 0.417. The van der Waals surface area contributed by atoms with Gasteiger partial charge in [0.25, 0.3) is 0 Å². The number of primary amides is 1. The summed E-state index contributed by atoms with van der Waals surface area (Å²) in [6.07, 6.45) is -11.7. The molecule has 0 aliphatic carbocycles. The number of nitrogens with two attached hydrogens (primary N) is 1. The first-order valence-corrected chi connectivity index (χ1v) is 10.9. The summed E-state index contributed by atoms with van der Waals surface area (Å²) < 4.78 is 100. The van der Waals surface area contributed by atoms with Crippen molar-refractivity contribution in [3.63, 3.8) is 0 Å². The molecule has 0 aromatic heterocycles. The van der Waals surface area contributed by atoms with Crippen LogP contribution in [0.3, 0.4) is 0 Å². The molecule has 2 aromatic carbocycles. The molecule has 12 heteroatoms. The highest BCUT2D eigenvalue weighted by Crippen LogP contribution is 2.48. The van der Waals surface area contributed by atoms with Crippen LogP contribution in [0.1, 0.15) is 61.3 Å². The summed E-state index contributed by atoms with van der Waals surface area (Å²) >= 11 is 0. The number of amides is 2. The van der Waals surface area contributed by atoms with Crippen molar-refractivity contribution < 1.29 is 45.1 Å². The minimum Gasteiger partial charge on any atom is -0.446 e. The lowest BCUT2D eigenvalue weighted by atomic mass is 9.74. The fourth-order valence-corrected chi connectivity index (χ4v) is 4.48. The van der Waals surface area contributed by atoms with Gasteiger partial charge in [-0.25, -0.2) is 9.18 Å². The molecule has 0 saturated heterocycles. The van der Waals surface area contributed by atoms with Crippen LogP contribution in [-0.2, 0) is 21.9 Å². The molecule has 0 saturated carbocycles. The highest BCUT2D eigenvalue weighted by molar-refractivity contribution is 5.91. The van der Waals surface area contributed by atoms with Gasteiger partial charge in [-0.2, -0.15) is 26.3 Å². The van der Waals surface area contributed by atoms with Gasteiger partial charge in [0.15, 0.2) is 0 Å². The second-order valence-corrected chi connectivity index (χ2v) is 8.92. The molecule has 0 spiro atoms. The van der Waals surface area contributed by atoms with Crippen molar-refractivity contribution in [2.75, 3.05) is 4.90 Å². The summed E-state index contributed by atoms with van der Waals surface area (Å²) in [6.45, 7) is 4.78. The first kappa shape index (κ1) is 27.3. The van der Waals surface area contributed by atoms with E-state index in [-0.39, 0.29) is 23.7 Å². The third-order valence-corrected chi connectivity index (χ3v) is 5.90. The van der Waals surface area contributed by atoms with Gasteiger partial charge in [-0.3, -0.25) is 9.69 Å². The Bertz CT molecular complexity index is 1130. The number of hydrogen-bond donors (Lipinski definition) is 1. The Hall–Kier alpha value is -3.31. The number of nitrogens with zero attached hydrogens (tertiary/aromatic N) is 1. The van der Waals surface area contributed by atoms with Gasteiger partial charge in [0.1, 0.15) is 5.82 Å². The first-order valence-electron chi connectivity index (χ1n) is 10.9. The number of fused-ring (bicyclic) bond motifs is 1. The SMILES string of the molecule is CC(C)OC(=O)N1c2ccc(F)cc2C(C(C(N)=O)c2cc(C(F)(F)F)cc(C(F)(F)F)c2)CC1C. The zero-order chi connectivity index (χ0) is 27.2. The van der Waals surface area contributed by atoms with E-state index < -0.39 is 70.8 Å². The maximum atomic E-state index is 14.3. The molecular formula is C24H23F7N2O3. The minimum absolute atomic E-state index is 0.0311. The highest BCUT2D eigenvalue weighted by atomic mass is 19.4. The molecular weight excluding hydrogens is 497 g/mol. The van der Waals surface area contributed by atoms with E-state index in [4.69, 9.17) is 10.5 Å². The summed E-state index contributed by atoms with van der Waals surface area (Å²) in [5, 5.41) is 0. The third-order valence-electron chi connectivity index (χ3n) is 5.90. The van der Waals surface area contributed by atoms with E-state index in [1.54, 1.807) is 20.8 Å². The van der Waals surface area contributed by atoms with Crippen LogP contribution < -0.4 is 10.6 Å². The first-order chi connectivity index (χ1) is 16.5. The number of rotatable bonds is 4. The fourth-order valence-electron chi connectivity index (χ4n) is 4.48. The number of anilines is 1. The quantitative estimate of drug-likeness (QED) is 0.477. The number of carbonyl (C=O) groups excluding carboxylic acids is 2. The van der Waals surface area contributed by atoms with Crippen molar-refractivity contribution in [1.82, 2.24) is 0 Å². The Kier molecular flexibility index (Phi) is 7.29. The Balaban J connectivity index is 2.22. The molecule has 1 heterocycles. The molecule has 3 rings (SSSR count). The van der Waals surface area contributed by atoms with E-state index in [2.05, 4.69) is 0 Å². The van der Waals surface area contributed by atoms with Crippen molar-refractivity contribution in [3.8, 4) is 0 Å². The standard InChI is InChI=1S/C24H23F7N2O3/c1-11(2)36-22(35)33-12(3)6-18(17-10-16(25)4-5-19(17)33)20(21(32)34)13-7-14(23(26,27)28)9-15(8-13)24(29,30)31/h4-5,7-12,18,20H,6H2,1-3H3,(H2,32,34). The normalized spacial score (nSPS) is 19.1. The second-order valence-electron chi connectivity index (χ2n) is 8.92.